The van der Waals surface area contributed by atoms with Gasteiger partial charge >= 0.3 is 12.1 Å². The van der Waals surface area contributed by atoms with Crippen LogP contribution in [0.5, 0.6) is 5.88 Å². The third-order valence-corrected chi connectivity index (χ3v) is 3.38. The van der Waals surface area contributed by atoms with Gasteiger partial charge < -0.3 is 25.0 Å². The molecule has 0 radical (unpaired) electrons. The van der Waals surface area contributed by atoms with E-state index in [-0.39, 0.29) is 12.2 Å². The van der Waals surface area contributed by atoms with E-state index < -0.39 is 24.2 Å². The Labute approximate surface area is 144 Å². The molecule has 0 aliphatic rings. The highest BCUT2D eigenvalue weighted by Gasteiger charge is 2.30. The minimum absolute atomic E-state index is 0.0147. The number of amides is 1. The summed E-state index contributed by atoms with van der Waals surface area (Å²) in [4.78, 5) is 27.1. The Kier molecular flexibility index (Phi) is 6.30. The van der Waals surface area contributed by atoms with E-state index >= 15 is 0 Å². The molecule has 2 rings (SSSR count). The molecule has 1 aromatic heterocycles. The smallest absolute Gasteiger partial charge is 0.408 e. The van der Waals surface area contributed by atoms with Crippen LogP contribution in [0.1, 0.15) is 17.2 Å². The predicted octanol–water partition coefficient (Wildman–Crippen LogP) is 1.50. The molecule has 2 atom stereocenters. The first-order valence-electron chi connectivity index (χ1n) is 7.39. The van der Waals surface area contributed by atoms with Gasteiger partial charge in [-0.05, 0) is 11.6 Å². The molecule has 0 aliphatic carbocycles. The van der Waals surface area contributed by atoms with E-state index in [9.17, 15) is 19.8 Å². The summed E-state index contributed by atoms with van der Waals surface area (Å²) in [5, 5.41) is 21.6. The van der Waals surface area contributed by atoms with Gasteiger partial charge in [0.05, 0.1) is 7.11 Å². The van der Waals surface area contributed by atoms with Crippen molar-refractivity contribution in [1.82, 2.24) is 10.3 Å². The third-order valence-electron chi connectivity index (χ3n) is 3.38. The molecule has 0 bridgehead atoms. The van der Waals surface area contributed by atoms with Crippen molar-refractivity contribution in [3.05, 3.63) is 59.8 Å². The van der Waals surface area contributed by atoms with E-state index in [1.54, 1.807) is 24.3 Å². The van der Waals surface area contributed by atoms with Gasteiger partial charge in [-0.2, -0.15) is 0 Å². The van der Waals surface area contributed by atoms with E-state index in [0.717, 1.165) is 5.56 Å². The number of rotatable bonds is 7. The summed E-state index contributed by atoms with van der Waals surface area (Å²) in [6.45, 7) is -0.0147. The first-order valence-corrected chi connectivity index (χ1v) is 7.39. The fourth-order valence-corrected chi connectivity index (χ4v) is 2.05. The zero-order valence-corrected chi connectivity index (χ0v) is 13.5. The molecule has 0 saturated heterocycles. The molecular formula is C17H18N2O6. The summed E-state index contributed by atoms with van der Waals surface area (Å²) in [7, 11) is 1.43. The van der Waals surface area contributed by atoms with Gasteiger partial charge in [0.15, 0.2) is 6.04 Å². The lowest BCUT2D eigenvalue weighted by atomic mass is 10.0. The molecule has 8 heteroatoms. The molecule has 132 valence electrons. The normalized spacial score (nSPS) is 12.7. The predicted molar refractivity (Wildman–Crippen MR) is 86.9 cm³/mol. The number of nitrogens with zero attached hydrogens (tertiary/aromatic N) is 1. The van der Waals surface area contributed by atoms with Crippen LogP contribution in [0.3, 0.4) is 0 Å². The molecule has 1 aromatic carbocycles. The molecule has 8 nitrogen and oxygen atoms in total. The zero-order valence-electron chi connectivity index (χ0n) is 13.5. The average molecular weight is 346 g/mol. The van der Waals surface area contributed by atoms with Gasteiger partial charge in [-0.3, -0.25) is 0 Å². The minimum atomic E-state index is -1.58. The highest BCUT2D eigenvalue weighted by atomic mass is 16.5. The number of carboxylic acids is 1. The number of aliphatic hydroxyl groups excluding tert-OH is 1. The lowest BCUT2D eigenvalue weighted by Crippen LogP contribution is -2.45. The number of nitrogens with one attached hydrogen (secondary N) is 1. The monoisotopic (exact) mass is 346 g/mol. The number of carbonyl (C=O) groups excluding carboxylic acids is 1. The molecule has 0 fully saturated rings. The van der Waals surface area contributed by atoms with Crippen molar-refractivity contribution >= 4 is 12.1 Å². The van der Waals surface area contributed by atoms with Gasteiger partial charge in [-0.15, -0.1) is 0 Å². The van der Waals surface area contributed by atoms with E-state index in [1.807, 2.05) is 6.07 Å². The quantitative estimate of drug-likeness (QED) is 0.695. The van der Waals surface area contributed by atoms with E-state index in [2.05, 4.69) is 10.3 Å². The van der Waals surface area contributed by atoms with Gasteiger partial charge in [0, 0.05) is 17.8 Å². The van der Waals surface area contributed by atoms with Crippen LogP contribution in [0.4, 0.5) is 4.79 Å². The number of pyridine rings is 1. The van der Waals surface area contributed by atoms with Gasteiger partial charge in [0.25, 0.3) is 0 Å². The van der Waals surface area contributed by atoms with Crippen molar-refractivity contribution in [2.75, 3.05) is 7.11 Å². The van der Waals surface area contributed by atoms with Crippen molar-refractivity contribution in [3.63, 3.8) is 0 Å². The Morgan fingerprint density at radius 1 is 1.20 bits per heavy atom. The number of aliphatic hydroxyl groups is 1. The largest absolute Gasteiger partial charge is 0.481 e. The highest BCUT2D eigenvalue weighted by molar-refractivity contribution is 5.80. The van der Waals surface area contributed by atoms with Crippen LogP contribution in [-0.2, 0) is 16.1 Å². The topological polar surface area (TPSA) is 118 Å². The van der Waals surface area contributed by atoms with Crippen LogP contribution in [0.25, 0.3) is 0 Å². The Morgan fingerprint density at radius 3 is 2.48 bits per heavy atom. The van der Waals surface area contributed by atoms with Crippen molar-refractivity contribution < 1.29 is 29.3 Å². The van der Waals surface area contributed by atoms with Crippen LogP contribution < -0.4 is 10.1 Å². The molecule has 0 unspecified atom stereocenters. The maximum Gasteiger partial charge on any atom is 0.408 e. The fourth-order valence-electron chi connectivity index (χ4n) is 2.05. The van der Waals surface area contributed by atoms with Crippen molar-refractivity contribution in [2.24, 2.45) is 0 Å². The highest BCUT2D eigenvalue weighted by Crippen LogP contribution is 2.18. The molecule has 25 heavy (non-hydrogen) atoms. The lowest BCUT2D eigenvalue weighted by Gasteiger charge is -2.20. The summed E-state index contributed by atoms with van der Waals surface area (Å²) in [6, 6.07) is 10.3. The Bertz CT molecular complexity index is 705. The lowest BCUT2D eigenvalue weighted by molar-refractivity contribution is -0.142. The second-order valence-corrected chi connectivity index (χ2v) is 5.10. The first kappa shape index (κ1) is 18.2. The second kappa shape index (κ2) is 8.65. The van der Waals surface area contributed by atoms with Crippen LogP contribution in [0.15, 0.2) is 48.7 Å². The fraction of sp³-hybridized carbons (Fsp3) is 0.235. The minimum Gasteiger partial charge on any atom is -0.481 e. The third kappa shape index (κ3) is 5.18. The summed E-state index contributed by atoms with van der Waals surface area (Å²) in [5.41, 5.74) is 0.973. The van der Waals surface area contributed by atoms with Crippen molar-refractivity contribution in [1.29, 1.82) is 0 Å². The van der Waals surface area contributed by atoms with E-state index in [4.69, 9.17) is 9.47 Å². The van der Waals surface area contributed by atoms with Crippen molar-refractivity contribution in [3.8, 4) is 5.88 Å². The average Bonchev–Trinajstić information content (AvgIpc) is 2.64. The maximum atomic E-state index is 11.8. The Hall–Kier alpha value is -3.13. The van der Waals surface area contributed by atoms with Gasteiger partial charge in [0.1, 0.15) is 12.7 Å². The number of carboxylic acid groups (broad SMARTS) is 1. The van der Waals surface area contributed by atoms with E-state index in [1.165, 1.54) is 25.4 Å². The maximum absolute atomic E-state index is 11.8. The molecular weight excluding hydrogens is 328 g/mol. The van der Waals surface area contributed by atoms with Crippen LogP contribution >= 0.6 is 0 Å². The summed E-state index contributed by atoms with van der Waals surface area (Å²) < 4.78 is 9.87. The molecule has 1 heterocycles. The summed E-state index contributed by atoms with van der Waals surface area (Å²) in [5.74, 6) is -1.09. The molecule has 0 aliphatic heterocycles. The summed E-state index contributed by atoms with van der Waals surface area (Å²) in [6.07, 6.45) is -1.17. The number of methoxy groups -OCH3 is 1. The number of aliphatic carboxylic acids is 1. The van der Waals surface area contributed by atoms with E-state index in [0.29, 0.717) is 5.88 Å². The number of alkyl carbamates (subject to hydrolysis) is 1. The number of benzene rings is 1. The SMILES string of the molecule is COc1ccc([C@@H](O)[C@@H](NC(=O)OCc2ccccc2)C(=O)O)cn1. The Balaban J connectivity index is 1.99. The number of ether oxygens (including phenoxy) is 2. The molecule has 3 N–H and O–H groups in total. The zero-order chi connectivity index (χ0) is 18.2. The molecule has 0 saturated carbocycles. The van der Waals surface area contributed by atoms with Gasteiger partial charge in [-0.25, -0.2) is 14.6 Å². The number of hydrogen-bond donors (Lipinski definition) is 3. The number of carbonyl (C=O) groups is 2. The molecule has 1 amide bonds. The number of aromatic nitrogens is 1. The molecule has 0 spiro atoms. The van der Waals surface area contributed by atoms with Crippen LogP contribution in [0.2, 0.25) is 0 Å². The van der Waals surface area contributed by atoms with Crippen molar-refractivity contribution in [2.45, 2.75) is 18.8 Å². The number of hydrogen-bond acceptors (Lipinski definition) is 6. The first-order chi connectivity index (χ1) is 12.0. The van der Waals surface area contributed by atoms with Gasteiger partial charge in [0.2, 0.25) is 5.88 Å². The summed E-state index contributed by atoms with van der Waals surface area (Å²) >= 11 is 0. The van der Waals surface area contributed by atoms with Crippen LogP contribution in [0, 0.1) is 0 Å². The standard InChI is InChI=1S/C17H18N2O6/c1-24-13-8-7-12(9-18-13)15(20)14(16(21)22)19-17(23)25-10-11-5-3-2-4-6-11/h2-9,14-15,20H,10H2,1H3,(H,19,23)(H,21,22)/t14-,15-/m1/s1. The van der Waals surface area contributed by atoms with Gasteiger partial charge in [-0.1, -0.05) is 30.3 Å². The van der Waals surface area contributed by atoms with Crippen LogP contribution in [-0.4, -0.2) is 40.4 Å². The Morgan fingerprint density at radius 2 is 1.92 bits per heavy atom. The second-order valence-electron chi connectivity index (χ2n) is 5.10. The molecule has 2 aromatic rings.